The number of amides is 2. The number of rotatable bonds is 4. The third kappa shape index (κ3) is 3.95. The Kier molecular flexibility index (Phi) is 5.91. The smallest absolute Gasteiger partial charge is 0.326 e. The highest BCUT2D eigenvalue weighted by atomic mass is 35.5. The molecule has 2 aliphatic heterocycles. The number of nitrogens with zero attached hydrogens (tertiary/aromatic N) is 2. The molecule has 1 saturated carbocycles. The van der Waals surface area contributed by atoms with Crippen LogP contribution in [0.1, 0.15) is 43.6 Å². The molecule has 31 heavy (non-hydrogen) atoms. The van der Waals surface area contributed by atoms with E-state index in [1.807, 2.05) is 35.2 Å². The lowest BCUT2D eigenvalue weighted by molar-refractivity contribution is -0.0541. The molecule has 5 rings (SSSR count). The van der Waals surface area contributed by atoms with Gasteiger partial charge in [-0.05, 0) is 48.6 Å². The highest BCUT2D eigenvalue weighted by Crippen LogP contribution is 2.49. The highest BCUT2D eigenvalue weighted by molar-refractivity contribution is 6.30. The van der Waals surface area contributed by atoms with Gasteiger partial charge in [0.15, 0.2) is 0 Å². The van der Waals surface area contributed by atoms with Crippen LogP contribution < -0.4 is 10.2 Å². The van der Waals surface area contributed by atoms with Gasteiger partial charge >= 0.3 is 6.03 Å². The van der Waals surface area contributed by atoms with Crippen molar-refractivity contribution in [3.63, 3.8) is 0 Å². The Bertz CT molecular complexity index is 946. The van der Waals surface area contributed by atoms with E-state index in [0.29, 0.717) is 23.2 Å². The van der Waals surface area contributed by atoms with E-state index in [1.54, 1.807) is 12.1 Å². The van der Waals surface area contributed by atoms with Gasteiger partial charge in [-0.2, -0.15) is 0 Å². The zero-order valence-corrected chi connectivity index (χ0v) is 18.5. The summed E-state index contributed by atoms with van der Waals surface area (Å²) in [5.74, 6) is 0.981. The third-order valence-corrected chi connectivity index (χ3v) is 7.57. The Labute approximate surface area is 189 Å². The van der Waals surface area contributed by atoms with Gasteiger partial charge in [0.2, 0.25) is 0 Å². The van der Waals surface area contributed by atoms with E-state index in [0.717, 1.165) is 12.2 Å². The number of urea groups is 1. The second-order valence-electron chi connectivity index (χ2n) is 9.15. The number of benzene rings is 2. The minimum absolute atomic E-state index is 0.141. The number of fused-ring (bicyclic) bond motifs is 3. The van der Waals surface area contributed by atoms with Crippen molar-refractivity contribution >= 4 is 29.0 Å². The molecule has 164 valence electrons. The van der Waals surface area contributed by atoms with Gasteiger partial charge in [0.05, 0.1) is 6.61 Å². The van der Waals surface area contributed by atoms with Crippen LogP contribution in [0.15, 0.2) is 48.5 Å². The lowest BCUT2D eigenvalue weighted by Crippen LogP contribution is -2.70. The standard InChI is InChI=1S/C25H30ClN3O2/c26-18-9-6-10-19(13-18)27-25(31)29-15-22-24(20-11-4-5-12-21(20)29)23(16-30)28(22)14-17-7-2-1-3-8-17/h4-6,9-13,17,22-24,30H,1-3,7-8,14-16H2,(H,27,31)/t22-,23-,24+/m0/s1. The van der Waals surface area contributed by atoms with Crippen molar-refractivity contribution < 1.29 is 9.90 Å². The number of hydrogen-bond donors (Lipinski definition) is 2. The molecule has 2 aromatic carbocycles. The SMILES string of the molecule is O=C(Nc1cccc(Cl)c1)N1C[C@H]2[C@@H](c3ccccc31)[C@H](CO)N2CC1CCCCC1. The number of carbonyl (C=O) groups excluding carboxylic acids is 1. The summed E-state index contributed by atoms with van der Waals surface area (Å²) in [6, 6.07) is 15.6. The molecule has 3 aliphatic rings. The van der Waals surface area contributed by atoms with Crippen LogP contribution in [-0.4, -0.2) is 47.8 Å². The van der Waals surface area contributed by atoms with Crippen LogP contribution in [0.3, 0.4) is 0 Å². The number of anilines is 2. The Morgan fingerprint density at radius 2 is 1.90 bits per heavy atom. The van der Waals surface area contributed by atoms with Gasteiger partial charge in [-0.1, -0.05) is 55.1 Å². The molecule has 0 radical (unpaired) electrons. The first-order chi connectivity index (χ1) is 15.2. The molecule has 0 aromatic heterocycles. The van der Waals surface area contributed by atoms with E-state index < -0.39 is 0 Å². The van der Waals surface area contributed by atoms with E-state index >= 15 is 0 Å². The zero-order chi connectivity index (χ0) is 21.4. The monoisotopic (exact) mass is 439 g/mol. The molecule has 2 aromatic rings. The summed E-state index contributed by atoms with van der Waals surface area (Å²) in [6.07, 6.45) is 6.53. The number of aliphatic hydroxyl groups excluding tert-OH is 1. The van der Waals surface area contributed by atoms with Gasteiger partial charge in [-0.15, -0.1) is 0 Å². The number of carbonyl (C=O) groups is 1. The van der Waals surface area contributed by atoms with Gasteiger partial charge in [-0.3, -0.25) is 9.80 Å². The maximum absolute atomic E-state index is 13.3. The maximum Gasteiger partial charge on any atom is 0.326 e. The van der Waals surface area contributed by atoms with Crippen molar-refractivity contribution in [1.29, 1.82) is 0 Å². The molecule has 0 spiro atoms. The Morgan fingerprint density at radius 1 is 1.10 bits per heavy atom. The van der Waals surface area contributed by atoms with Crippen LogP contribution >= 0.6 is 11.6 Å². The largest absolute Gasteiger partial charge is 0.395 e. The minimum atomic E-state index is -0.141. The molecule has 1 saturated heterocycles. The molecule has 1 aliphatic carbocycles. The quantitative estimate of drug-likeness (QED) is 0.696. The molecule has 0 unspecified atom stereocenters. The fourth-order valence-corrected chi connectivity index (χ4v) is 6.04. The van der Waals surface area contributed by atoms with Crippen LogP contribution in [0, 0.1) is 5.92 Å². The summed E-state index contributed by atoms with van der Waals surface area (Å²) in [5, 5.41) is 13.8. The van der Waals surface area contributed by atoms with E-state index in [-0.39, 0.29) is 30.6 Å². The first-order valence-corrected chi connectivity index (χ1v) is 11.8. The van der Waals surface area contributed by atoms with E-state index in [4.69, 9.17) is 11.6 Å². The topological polar surface area (TPSA) is 55.8 Å². The average Bonchev–Trinajstić information content (AvgIpc) is 2.78. The summed E-state index contributed by atoms with van der Waals surface area (Å²) >= 11 is 6.10. The second-order valence-corrected chi connectivity index (χ2v) is 9.59. The zero-order valence-electron chi connectivity index (χ0n) is 17.7. The van der Waals surface area contributed by atoms with Crippen molar-refractivity contribution in [1.82, 2.24) is 4.90 Å². The van der Waals surface area contributed by atoms with Crippen LogP contribution in [0.25, 0.3) is 0 Å². The molecule has 2 heterocycles. The summed E-state index contributed by atoms with van der Waals surface area (Å²) in [6.45, 7) is 1.83. The van der Waals surface area contributed by atoms with E-state index in [9.17, 15) is 9.90 Å². The molecule has 3 atom stereocenters. The van der Waals surface area contributed by atoms with Crippen LogP contribution in [0.4, 0.5) is 16.2 Å². The third-order valence-electron chi connectivity index (χ3n) is 7.34. The van der Waals surface area contributed by atoms with E-state index in [1.165, 1.54) is 37.7 Å². The number of para-hydroxylation sites is 1. The molecule has 2 fully saturated rings. The number of aliphatic hydroxyl groups is 1. The predicted octanol–water partition coefficient (Wildman–Crippen LogP) is 5.10. The normalized spacial score (nSPS) is 26.0. The van der Waals surface area contributed by atoms with Crippen molar-refractivity contribution in [2.24, 2.45) is 5.92 Å². The lowest BCUT2D eigenvalue weighted by Gasteiger charge is -2.59. The first kappa shape index (κ1) is 20.8. The van der Waals surface area contributed by atoms with Gasteiger partial charge < -0.3 is 10.4 Å². The fourth-order valence-electron chi connectivity index (χ4n) is 5.85. The number of hydrogen-bond acceptors (Lipinski definition) is 3. The number of likely N-dealkylation sites (tertiary alicyclic amines) is 1. The van der Waals surface area contributed by atoms with Gasteiger partial charge in [0, 0.05) is 47.5 Å². The number of halogens is 1. The van der Waals surface area contributed by atoms with Gasteiger partial charge in [-0.25, -0.2) is 4.79 Å². The summed E-state index contributed by atoms with van der Waals surface area (Å²) in [4.78, 5) is 17.6. The summed E-state index contributed by atoms with van der Waals surface area (Å²) < 4.78 is 0. The molecular weight excluding hydrogens is 410 g/mol. The van der Waals surface area contributed by atoms with Crippen molar-refractivity contribution in [3.05, 3.63) is 59.1 Å². The number of nitrogens with one attached hydrogen (secondary N) is 1. The van der Waals surface area contributed by atoms with Crippen molar-refractivity contribution in [3.8, 4) is 0 Å². The average molecular weight is 440 g/mol. The Balaban J connectivity index is 1.39. The first-order valence-electron chi connectivity index (χ1n) is 11.5. The van der Waals surface area contributed by atoms with E-state index in [2.05, 4.69) is 16.3 Å². The molecule has 5 nitrogen and oxygen atoms in total. The predicted molar refractivity (Wildman–Crippen MR) is 125 cm³/mol. The molecule has 2 amide bonds. The lowest BCUT2D eigenvalue weighted by atomic mass is 9.71. The van der Waals surface area contributed by atoms with Crippen molar-refractivity contribution in [2.75, 3.05) is 29.9 Å². The molecule has 2 N–H and O–H groups in total. The van der Waals surface area contributed by atoms with Gasteiger partial charge in [0.25, 0.3) is 0 Å². The van der Waals surface area contributed by atoms with Crippen LogP contribution in [0.5, 0.6) is 0 Å². The Morgan fingerprint density at radius 3 is 2.68 bits per heavy atom. The maximum atomic E-state index is 13.3. The molecule has 6 heteroatoms. The minimum Gasteiger partial charge on any atom is -0.395 e. The van der Waals surface area contributed by atoms with Crippen LogP contribution in [0.2, 0.25) is 5.02 Å². The van der Waals surface area contributed by atoms with Gasteiger partial charge in [0.1, 0.15) is 0 Å². The summed E-state index contributed by atoms with van der Waals surface area (Å²) in [7, 11) is 0. The summed E-state index contributed by atoms with van der Waals surface area (Å²) in [5.41, 5.74) is 2.80. The van der Waals surface area contributed by atoms with Crippen LogP contribution in [-0.2, 0) is 0 Å². The molecular formula is C25H30ClN3O2. The second kappa shape index (κ2) is 8.81. The van der Waals surface area contributed by atoms with Crippen molar-refractivity contribution in [2.45, 2.75) is 50.1 Å². The molecule has 0 bridgehead atoms. The highest BCUT2D eigenvalue weighted by Gasteiger charge is 2.53. The fraction of sp³-hybridized carbons (Fsp3) is 0.480. The Hall–Kier alpha value is -2.08.